The summed E-state index contributed by atoms with van der Waals surface area (Å²) in [6.07, 6.45) is 8.60. The molecular formula is C20H24O3. The fourth-order valence-corrected chi connectivity index (χ4v) is 6.49. The average Bonchev–Trinajstić information content (AvgIpc) is 3.26. The Bertz CT molecular complexity index is 642. The smallest absolute Gasteiger partial charge is 0.307 e. The minimum absolute atomic E-state index is 0.153. The van der Waals surface area contributed by atoms with E-state index < -0.39 is 5.97 Å². The Labute approximate surface area is 136 Å². The molecule has 3 nitrogen and oxygen atoms in total. The molecule has 5 saturated carbocycles. The van der Waals surface area contributed by atoms with Gasteiger partial charge in [-0.05, 0) is 85.7 Å². The summed E-state index contributed by atoms with van der Waals surface area (Å²) in [6.45, 7) is 0. The van der Waals surface area contributed by atoms with Crippen molar-refractivity contribution in [3.8, 4) is 5.75 Å². The van der Waals surface area contributed by atoms with Gasteiger partial charge in [-0.15, -0.1) is 0 Å². The van der Waals surface area contributed by atoms with Gasteiger partial charge in [-0.25, -0.2) is 0 Å². The highest BCUT2D eigenvalue weighted by atomic mass is 16.4. The fourth-order valence-electron chi connectivity index (χ4n) is 6.49. The third kappa shape index (κ3) is 2.05. The summed E-state index contributed by atoms with van der Waals surface area (Å²) in [5.41, 5.74) is 2.42. The molecule has 0 spiro atoms. The first-order valence-electron chi connectivity index (χ1n) is 9.10. The van der Waals surface area contributed by atoms with Gasteiger partial charge in [0.25, 0.3) is 0 Å². The maximum absolute atomic E-state index is 11.2. The van der Waals surface area contributed by atoms with Crippen molar-refractivity contribution in [2.75, 3.05) is 0 Å². The largest absolute Gasteiger partial charge is 0.508 e. The molecule has 0 saturated heterocycles. The lowest BCUT2D eigenvalue weighted by molar-refractivity contribution is -0.138. The molecule has 5 aliphatic rings. The summed E-state index contributed by atoms with van der Waals surface area (Å²) in [6, 6.07) is 5.92. The minimum atomic E-state index is -0.681. The third-order valence-corrected chi connectivity index (χ3v) is 7.17. The molecule has 2 N–H and O–H groups in total. The summed E-state index contributed by atoms with van der Waals surface area (Å²) in [5.74, 6) is 2.22. The maximum Gasteiger partial charge on any atom is 0.307 e. The lowest BCUT2D eigenvalue weighted by atomic mass is 9.48. The molecule has 3 heteroatoms. The van der Waals surface area contributed by atoms with Crippen LogP contribution in [0.3, 0.4) is 0 Å². The van der Waals surface area contributed by atoms with Crippen LogP contribution in [0.25, 0.3) is 0 Å². The minimum Gasteiger partial charge on any atom is -0.508 e. The highest BCUT2D eigenvalue weighted by Gasteiger charge is 2.53. The molecule has 1 aromatic rings. The van der Waals surface area contributed by atoms with Crippen LogP contribution >= 0.6 is 0 Å². The van der Waals surface area contributed by atoms with E-state index in [1.807, 2.05) is 12.1 Å². The predicted molar refractivity (Wildman–Crippen MR) is 86.4 cm³/mol. The molecule has 2 unspecified atom stereocenters. The van der Waals surface area contributed by atoms with Crippen molar-refractivity contribution in [2.45, 2.75) is 56.3 Å². The second-order valence-electron chi connectivity index (χ2n) is 8.76. The molecule has 0 heterocycles. The van der Waals surface area contributed by atoms with Crippen molar-refractivity contribution in [3.05, 3.63) is 29.3 Å². The molecule has 23 heavy (non-hydrogen) atoms. The summed E-state index contributed by atoms with van der Waals surface area (Å²) in [7, 11) is 0. The zero-order chi connectivity index (χ0) is 15.8. The second-order valence-corrected chi connectivity index (χ2v) is 8.76. The molecule has 0 radical (unpaired) electrons. The number of hydrogen-bond donors (Lipinski definition) is 2. The topological polar surface area (TPSA) is 57.5 Å². The molecule has 5 aliphatic carbocycles. The first-order chi connectivity index (χ1) is 11.0. The number of benzene rings is 1. The van der Waals surface area contributed by atoms with Crippen molar-refractivity contribution in [1.29, 1.82) is 0 Å². The summed E-state index contributed by atoms with van der Waals surface area (Å²) < 4.78 is 0. The number of hydrogen-bond acceptors (Lipinski definition) is 2. The molecule has 4 bridgehead atoms. The molecule has 2 atom stereocenters. The molecule has 0 aliphatic heterocycles. The van der Waals surface area contributed by atoms with E-state index in [2.05, 4.69) is 6.07 Å². The average molecular weight is 312 g/mol. The van der Waals surface area contributed by atoms with Gasteiger partial charge in [0.2, 0.25) is 0 Å². The quantitative estimate of drug-likeness (QED) is 0.885. The van der Waals surface area contributed by atoms with E-state index >= 15 is 0 Å². The number of phenolic OH excluding ortho intramolecular Hbond substituents is 1. The lowest BCUT2D eigenvalue weighted by Gasteiger charge is -2.57. The Balaban J connectivity index is 1.52. The second kappa shape index (κ2) is 4.52. The Morgan fingerprint density at radius 3 is 2.13 bits per heavy atom. The number of rotatable bonds is 3. The van der Waals surface area contributed by atoms with Gasteiger partial charge in [-0.2, -0.15) is 0 Å². The van der Waals surface area contributed by atoms with Crippen molar-refractivity contribution in [3.63, 3.8) is 0 Å². The van der Waals surface area contributed by atoms with Crippen LogP contribution in [0.15, 0.2) is 18.2 Å². The summed E-state index contributed by atoms with van der Waals surface area (Å²) in [4.78, 5) is 11.2. The zero-order valence-corrected chi connectivity index (χ0v) is 13.4. The van der Waals surface area contributed by atoms with Crippen LogP contribution in [0, 0.1) is 23.7 Å². The van der Waals surface area contributed by atoms with E-state index in [0.29, 0.717) is 5.75 Å². The van der Waals surface area contributed by atoms with Gasteiger partial charge < -0.3 is 10.2 Å². The van der Waals surface area contributed by atoms with Crippen LogP contribution in [0.5, 0.6) is 5.75 Å². The van der Waals surface area contributed by atoms with Crippen molar-refractivity contribution in [1.82, 2.24) is 0 Å². The van der Waals surface area contributed by atoms with Gasteiger partial charge in [0, 0.05) is 5.56 Å². The van der Waals surface area contributed by atoms with E-state index in [1.165, 1.54) is 38.5 Å². The van der Waals surface area contributed by atoms with Gasteiger partial charge >= 0.3 is 5.97 Å². The van der Waals surface area contributed by atoms with Crippen molar-refractivity contribution < 1.29 is 15.0 Å². The lowest BCUT2D eigenvalue weighted by Crippen LogP contribution is -2.48. The van der Waals surface area contributed by atoms with Crippen LogP contribution in [0.2, 0.25) is 0 Å². The number of carboxylic acid groups (broad SMARTS) is 1. The van der Waals surface area contributed by atoms with E-state index in [4.69, 9.17) is 0 Å². The molecule has 122 valence electrons. The van der Waals surface area contributed by atoms with Crippen molar-refractivity contribution >= 4 is 5.97 Å². The van der Waals surface area contributed by atoms with Gasteiger partial charge in [0.15, 0.2) is 0 Å². The number of carbonyl (C=O) groups is 1. The highest BCUT2D eigenvalue weighted by molar-refractivity contribution is 5.75. The normalized spacial score (nSPS) is 43.6. The van der Waals surface area contributed by atoms with Gasteiger partial charge in [-0.1, -0.05) is 12.1 Å². The standard InChI is InChI=1S/C20H24O3/c21-18-2-1-14(15-7-16(15)19(22)23)6-17(18)20-8-11-3-12(9-20)5-13(4-11)10-20/h1-2,6,11-13,15-16,21H,3-5,7-10H2,(H,22,23). The number of aromatic hydroxyl groups is 1. The number of carboxylic acids is 1. The van der Waals surface area contributed by atoms with Gasteiger partial charge in [0.1, 0.15) is 5.75 Å². The van der Waals surface area contributed by atoms with Crippen LogP contribution in [0.4, 0.5) is 0 Å². The van der Waals surface area contributed by atoms with Crippen molar-refractivity contribution in [2.24, 2.45) is 23.7 Å². The molecule has 6 rings (SSSR count). The first-order valence-corrected chi connectivity index (χ1v) is 9.10. The summed E-state index contributed by atoms with van der Waals surface area (Å²) in [5, 5.41) is 19.7. The Hall–Kier alpha value is -1.51. The molecule has 1 aromatic carbocycles. The Kier molecular flexibility index (Phi) is 2.73. The molecule has 5 fully saturated rings. The highest BCUT2D eigenvalue weighted by Crippen LogP contribution is 2.62. The number of aliphatic carboxylic acids is 1. The van der Waals surface area contributed by atoms with Gasteiger partial charge in [0.05, 0.1) is 5.92 Å². The SMILES string of the molecule is O=C(O)C1CC1c1ccc(O)c(C23CC4CC(CC(C4)C2)C3)c1. The van der Waals surface area contributed by atoms with Gasteiger partial charge in [-0.3, -0.25) is 4.79 Å². The Morgan fingerprint density at radius 1 is 1.00 bits per heavy atom. The van der Waals surface area contributed by atoms with Crippen LogP contribution in [0.1, 0.15) is 62.0 Å². The summed E-state index contributed by atoms with van der Waals surface area (Å²) >= 11 is 0. The molecule has 0 aromatic heterocycles. The monoisotopic (exact) mass is 312 g/mol. The first kappa shape index (κ1) is 13.9. The van der Waals surface area contributed by atoms with E-state index in [0.717, 1.165) is 35.3 Å². The van der Waals surface area contributed by atoms with Crippen LogP contribution < -0.4 is 0 Å². The predicted octanol–water partition coefficient (Wildman–Crippen LogP) is 4.05. The Morgan fingerprint density at radius 2 is 1.61 bits per heavy atom. The third-order valence-electron chi connectivity index (χ3n) is 7.17. The molecular weight excluding hydrogens is 288 g/mol. The van der Waals surface area contributed by atoms with Crippen LogP contribution in [-0.2, 0) is 10.2 Å². The fraction of sp³-hybridized carbons (Fsp3) is 0.650. The van der Waals surface area contributed by atoms with E-state index in [-0.39, 0.29) is 17.3 Å². The maximum atomic E-state index is 11.2. The van der Waals surface area contributed by atoms with E-state index in [1.54, 1.807) is 0 Å². The number of phenols is 1. The zero-order valence-electron chi connectivity index (χ0n) is 13.4. The van der Waals surface area contributed by atoms with Crippen LogP contribution in [-0.4, -0.2) is 16.2 Å². The molecule has 0 amide bonds. The van der Waals surface area contributed by atoms with E-state index in [9.17, 15) is 15.0 Å².